The van der Waals surface area contributed by atoms with Gasteiger partial charge in [-0.05, 0) is 28.1 Å². The van der Waals surface area contributed by atoms with Crippen LogP contribution in [0.5, 0.6) is 0 Å². The smallest absolute Gasteiger partial charge is 0.255 e. The molecule has 2 rings (SSSR count). The highest BCUT2D eigenvalue weighted by Gasteiger charge is 2.30. The second-order valence-corrected chi connectivity index (χ2v) is 4.26. The van der Waals surface area contributed by atoms with Crippen LogP contribution < -0.4 is 0 Å². The zero-order valence-electron chi connectivity index (χ0n) is 7.78. The normalized spacial score (nSPS) is 16.3. The average molecular weight is 274 g/mol. The summed E-state index contributed by atoms with van der Waals surface area (Å²) in [6.07, 6.45) is -0.443. The molecule has 0 radical (unpaired) electrons. The molecule has 0 bridgehead atoms. The van der Waals surface area contributed by atoms with E-state index in [0.717, 1.165) is 0 Å². The van der Waals surface area contributed by atoms with Crippen LogP contribution in [0, 0.1) is 5.82 Å². The molecule has 1 fully saturated rings. The third kappa shape index (κ3) is 1.89. The highest BCUT2D eigenvalue weighted by Crippen LogP contribution is 2.23. The van der Waals surface area contributed by atoms with E-state index in [1.807, 2.05) is 0 Å². The standard InChI is InChI=1S/C10H9BrFNO2/c11-9-7(2-1-3-8(9)12)10(15)13-4-6(14)5-13/h1-3,6,14H,4-5H2. The fraction of sp³-hybridized carbons (Fsp3) is 0.300. The molecule has 1 amide bonds. The average Bonchev–Trinajstić information content (AvgIpc) is 2.16. The first-order valence-electron chi connectivity index (χ1n) is 4.51. The lowest BCUT2D eigenvalue weighted by molar-refractivity contribution is 0.00580. The molecule has 0 unspecified atom stereocenters. The summed E-state index contributed by atoms with van der Waals surface area (Å²) in [5.74, 6) is -0.714. The molecule has 0 atom stereocenters. The maximum atomic E-state index is 13.1. The number of hydrogen-bond donors (Lipinski definition) is 1. The van der Waals surface area contributed by atoms with Gasteiger partial charge in [-0.15, -0.1) is 0 Å². The second kappa shape index (κ2) is 3.90. The van der Waals surface area contributed by atoms with E-state index < -0.39 is 11.9 Å². The zero-order valence-corrected chi connectivity index (χ0v) is 9.37. The molecule has 1 aromatic carbocycles. The first-order chi connectivity index (χ1) is 7.09. The Kier molecular flexibility index (Phi) is 2.75. The minimum Gasteiger partial charge on any atom is -0.389 e. The van der Waals surface area contributed by atoms with Crippen molar-refractivity contribution in [3.63, 3.8) is 0 Å². The number of rotatable bonds is 1. The molecule has 1 aromatic rings. The zero-order chi connectivity index (χ0) is 11.0. The van der Waals surface area contributed by atoms with Crippen molar-refractivity contribution in [1.82, 2.24) is 4.90 Å². The Labute approximate surface area is 94.6 Å². The summed E-state index contributed by atoms with van der Waals surface area (Å²) in [6, 6.07) is 4.33. The van der Waals surface area contributed by atoms with Gasteiger partial charge in [0.05, 0.1) is 16.1 Å². The number of amides is 1. The predicted molar refractivity (Wildman–Crippen MR) is 56.0 cm³/mol. The van der Waals surface area contributed by atoms with Gasteiger partial charge in [-0.1, -0.05) is 6.07 Å². The molecule has 1 aliphatic heterocycles. The van der Waals surface area contributed by atoms with E-state index in [9.17, 15) is 9.18 Å². The van der Waals surface area contributed by atoms with Gasteiger partial charge in [-0.2, -0.15) is 0 Å². The van der Waals surface area contributed by atoms with Crippen LogP contribution in [0.1, 0.15) is 10.4 Å². The number of carbonyl (C=O) groups excluding carboxylic acids is 1. The third-order valence-electron chi connectivity index (χ3n) is 2.33. The molecule has 0 saturated carbocycles. The second-order valence-electron chi connectivity index (χ2n) is 3.47. The largest absolute Gasteiger partial charge is 0.389 e. The van der Waals surface area contributed by atoms with Gasteiger partial charge in [0.2, 0.25) is 0 Å². The lowest BCUT2D eigenvalue weighted by Gasteiger charge is -2.36. The van der Waals surface area contributed by atoms with Crippen molar-refractivity contribution in [3.05, 3.63) is 34.1 Å². The van der Waals surface area contributed by atoms with Gasteiger partial charge in [0.15, 0.2) is 0 Å². The summed E-state index contributed by atoms with van der Waals surface area (Å²) < 4.78 is 13.3. The summed E-state index contributed by atoms with van der Waals surface area (Å²) in [5, 5.41) is 9.06. The molecule has 1 saturated heterocycles. The molecule has 1 N–H and O–H groups in total. The Morgan fingerprint density at radius 1 is 1.53 bits per heavy atom. The predicted octanol–water partition coefficient (Wildman–Crippen LogP) is 1.40. The number of aliphatic hydroxyl groups is 1. The quantitative estimate of drug-likeness (QED) is 0.841. The summed E-state index contributed by atoms with van der Waals surface area (Å²) in [5.41, 5.74) is 0.293. The van der Waals surface area contributed by atoms with E-state index in [1.165, 1.54) is 17.0 Å². The van der Waals surface area contributed by atoms with Crippen LogP contribution in [0.2, 0.25) is 0 Å². The van der Waals surface area contributed by atoms with Crippen LogP contribution in [0.25, 0.3) is 0 Å². The van der Waals surface area contributed by atoms with Gasteiger partial charge in [0, 0.05) is 13.1 Å². The highest BCUT2D eigenvalue weighted by atomic mass is 79.9. The van der Waals surface area contributed by atoms with Crippen LogP contribution in [0.4, 0.5) is 4.39 Å². The molecule has 15 heavy (non-hydrogen) atoms. The topological polar surface area (TPSA) is 40.5 Å². The van der Waals surface area contributed by atoms with Crippen molar-refractivity contribution in [1.29, 1.82) is 0 Å². The highest BCUT2D eigenvalue weighted by molar-refractivity contribution is 9.10. The maximum absolute atomic E-state index is 13.1. The molecule has 0 aliphatic carbocycles. The molecule has 80 valence electrons. The van der Waals surface area contributed by atoms with Crippen molar-refractivity contribution >= 4 is 21.8 Å². The molecule has 5 heteroatoms. The number of likely N-dealkylation sites (tertiary alicyclic amines) is 1. The Hall–Kier alpha value is -0.940. The molecule has 3 nitrogen and oxygen atoms in total. The SMILES string of the molecule is O=C(c1cccc(F)c1Br)N1CC(O)C1. The van der Waals surface area contributed by atoms with Gasteiger partial charge in [0.1, 0.15) is 5.82 Å². The van der Waals surface area contributed by atoms with E-state index in [4.69, 9.17) is 5.11 Å². The van der Waals surface area contributed by atoms with E-state index in [0.29, 0.717) is 18.7 Å². The summed E-state index contributed by atoms with van der Waals surface area (Å²) in [4.78, 5) is 13.2. The number of β-amino-alcohol motifs (C(OH)–C–C–N with tert-alkyl or cyclic N) is 1. The summed E-state index contributed by atoms with van der Waals surface area (Å²) in [6.45, 7) is 0.642. The molecule has 0 spiro atoms. The van der Waals surface area contributed by atoms with Gasteiger partial charge in [-0.3, -0.25) is 4.79 Å². The summed E-state index contributed by atoms with van der Waals surface area (Å²) >= 11 is 3.03. The lowest BCUT2D eigenvalue weighted by atomic mass is 10.1. The molecule has 1 aliphatic rings. The molecular formula is C10H9BrFNO2. The fourth-order valence-electron chi connectivity index (χ4n) is 1.46. The minimum absolute atomic E-state index is 0.177. The van der Waals surface area contributed by atoms with E-state index in [1.54, 1.807) is 6.07 Å². The van der Waals surface area contributed by atoms with Crippen molar-refractivity contribution < 1.29 is 14.3 Å². The fourth-order valence-corrected chi connectivity index (χ4v) is 1.89. The third-order valence-corrected chi connectivity index (χ3v) is 3.14. The van der Waals surface area contributed by atoms with Crippen molar-refractivity contribution in [2.45, 2.75) is 6.10 Å². The van der Waals surface area contributed by atoms with Gasteiger partial charge in [0.25, 0.3) is 5.91 Å². The monoisotopic (exact) mass is 273 g/mol. The lowest BCUT2D eigenvalue weighted by Crippen LogP contribution is -2.53. The number of nitrogens with zero attached hydrogens (tertiary/aromatic N) is 1. The first-order valence-corrected chi connectivity index (χ1v) is 5.30. The number of benzene rings is 1. The maximum Gasteiger partial charge on any atom is 0.255 e. The molecular weight excluding hydrogens is 265 g/mol. The summed E-state index contributed by atoms with van der Waals surface area (Å²) in [7, 11) is 0. The first kappa shape index (κ1) is 10.6. The van der Waals surface area contributed by atoms with Gasteiger partial charge < -0.3 is 10.0 Å². The Bertz CT molecular complexity index is 404. The Morgan fingerprint density at radius 3 is 2.80 bits per heavy atom. The van der Waals surface area contributed by atoms with E-state index in [-0.39, 0.29) is 10.4 Å². The van der Waals surface area contributed by atoms with Gasteiger partial charge >= 0.3 is 0 Å². The number of aliphatic hydroxyl groups excluding tert-OH is 1. The van der Waals surface area contributed by atoms with Crippen LogP contribution in [0.15, 0.2) is 22.7 Å². The van der Waals surface area contributed by atoms with Crippen LogP contribution in [-0.2, 0) is 0 Å². The van der Waals surface area contributed by atoms with Crippen LogP contribution in [0.3, 0.4) is 0 Å². The van der Waals surface area contributed by atoms with Crippen molar-refractivity contribution in [2.75, 3.05) is 13.1 Å². The van der Waals surface area contributed by atoms with Gasteiger partial charge in [-0.25, -0.2) is 4.39 Å². The Balaban J connectivity index is 2.22. The van der Waals surface area contributed by atoms with Crippen molar-refractivity contribution in [3.8, 4) is 0 Å². The van der Waals surface area contributed by atoms with Crippen molar-refractivity contribution in [2.24, 2.45) is 0 Å². The number of halogens is 2. The number of hydrogen-bond acceptors (Lipinski definition) is 2. The minimum atomic E-state index is -0.457. The number of carbonyl (C=O) groups is 1. The molecule has 0 aromatic heterocycles. The van der Waals surface area contributed by atoms with Crippen LogP contribution >= 0.6 is 15.9 Å². The van der Waals surface area contributed by atoms with E-state index in [2.05, 4.69) is 15.9 Å². The van der Waals surface area contributed by atoms with E-state index >= 15 is 0 Å². The Morgan fingerprint density at radius 2 is 2.20 bits per heavy atom. The molecule has 1 heterocycles. The van der Waals surface area contributed by atoms with Crippen LogP contribution in [-0.4, -0.2) is 35.1 Å².